The van der Waals surface area contributed by atoms with Gasteiger partial charge in [-0.2, -0.15) is 0 Å². The number of nitrogens with one attached hydrogen (secondary N) is 2. The summed E-state index contributed by atoms with van der Waals surface area (Å²) in [5.74, 6) is -0.294. The van der Waals surface area contributed by atoms with Gasteiger partial charge in [-0.15, -0.1) is 11.3 Å². The summed E-state index contributed by atoms with van der Waals surface area (Å²) in [6, 6.07) is 9.65. The molecule has 7 heteroatoms. The number of rotatable bonds is 4. The molecule has 1 aromatic carbocycles. The molecule has 0 spiro atoms. The molecular formula is C21H27N3O3S. The van der Waals surface area contributed by atoms with Gasteiger partial charge < -0.3 is 20.3 Å². The van der Waals surface area contributed by atoms with Gasteiger partial charge in [0.15, 0.2) is 5.06 Å². The molecule has 0 atom stereocenters. The lowest BCUT2D eigenvalue weighted by Crippen LogP contribution is -2.53. The number of ether oxygens (including phenoxy) is 1. The Morgan fingerprint density at radius 1 is 1.11 bits per heavy atom. The Kier molecular flexibility index (Phi) is 6.05. The smallest absolute Gasteiger partial charge is 0.399 e. The number of likely N-dealkylation sites (N-methyl/N-ethyl adjacent to an activating group) is 1. The third-order valence-corrected chi connectivity index (χ3v) is 5.76. The number of carbonyl (C=O) groups is 2. The van der Waals surface area contributed by atoms with Gasteiger partial charge in [0.05, 0.1) is 0 Å². The van der Waals surface area contributed by atoms with Crippen LogP contribution in [-0.2, 0) is 17.6 Å². The SMILES string of the molecule is Cc1ccc(OC(=O)NC(C)(C)C(=O)Nc2ccc3c(c2)CCN(C)CC3)s1. The zero-order valence-corrected chi connectivity index (χ0v) is 17.6. The molecule has 28 heavy (non-hydrogen) atoms. The number of fused-ring (bicyclic) bond motifs is 1. The van der Waals surface area contributed by atoms with Crippen LogP contribution in [0.25, 0.3) is 0 Å². The fraction of sp³-hybridized carbons (Fsp3) is 0.429. The molecule has 3 rings (SSSR count). The highest BCUT2D eigenvalue weighted by atomic mass is 32.1. The number of nitrogens with zero attached hydrogens (tertiary/aromatic N) is 1. The quantitative estimate of drug-likeness (QED) is 0.821. The van der Waals surface area contributed by atoms with Crippen LogP contribution in [0.2, 0.25) is 0 Å². The normalized spacial score (nSPS) is 14.7. The van der Waals surface area contributed by atoms with Crippen LogP contribution in [0.1, 0.15) is 29.9 Å². The van der Waals surface area contributed by atoms with Crippen LogP contribution >= 0.6 is 11.3 Å². The van der Waals surface area contributed by atoms with E-state index >= 15 is 0 Å². The molecule has 2 N–H and O–H groups in total. The minimum atomic E-state index is -1.11. The molecule has 2 aromatic rings. The van der Waals surface area contributed by atoms with Gasteiger partial charge in [0.25, 0.3) is 0 Å². The Morgan fingerprint density at radius 2 is 1.82 bits per heavy atom. The lowest BCUT2D eigenvalue weighted by molar-refractivity contribution is -0.121. The van der Waals surface area contributed by atoms with Crippen LogP contribution in [-0.4, -0.2) is 42.6 Å². The molecule has 0 saturated carbocycles. The number of thiophene rings is 1. The Hall–Kier alpha value is -2.38. The highest BCUT2D eigenvalue weighted by molar-refractivity contribution is 7.13. The molecule has 0 unspecified atom stereocenters. The van der Waals surface area contributed by atoms with E-state index in [1.807, 2.05) is 25.1 Å². The van der Waals surface area contributed by atoms with Crippen molar-refractivity contribution >= 4 is 29.0 Å². The summed E-state index contributed by atoms with van der Waals surface area (Å²) in [5.41, 5.74) is 2.22. The van der Waals surface area contributed by atoms with Crippen LogP contribution in [0.5, 0.6) is 5.06 Å². The number of amides is 2. The van der Waals surface area contributed by atoms with Crippen LogP contribution in [0.3, 0.4) is 0 Å². The van der Waals surface area contributed by atoms with Gasteiger partial charge in [-0.3, -0.25) is 4.79 Å². The van der Waals surface area contributed by atoms with Crippen molar-refractivity contribution in [3.63, 3.8) is 0 Å². The van der Waals surface area contributed by atoms with Crippen molar-refractivity contribution in [1.29, 1.82) is 0 Å². The monoisotopic (exact) mass is 401 g/mol. The molecule has 2 amide bonds. The highest BCUT2D eigenvalue weighted by Gasteiger charge is 2.30. The molecule has 0 bridgehead atoms. The van der Waals surface area contributed by atoms with Crippen molar-refractivity contribution < 1.29 is 14.3 Å². The Bertz CT molecular complexity index is 876. The third-order valence-electron chi connectivity index (χ3n) is 4.88. The van der Waals surface area contributed by atoms with E-state index < -0.39 is 11.6 Å². The van der Waals surface area contributed by atoms with Crippen molar-refractivity contribution in [1.82, 2.24) is 10.2 Å². The number of aryl methyl sites for hydroxylation is 1. The minimum Gasteiger partial charge on any atom is -0.399 e. The van der Waals surface area contributed by atoms with Gasteiger partial charge in [0.1, 0.15) is 5.54 Å². The third kappa shape index (κ3) is 5.11. The number of benzene rings is 1. The van der Waals surface area contributed by atoms with E-state index in [0.29, 0.717) is 5.06 Å². The van der Waals surface area contributed by atoms with Crippen LogP contribution in [0, 0.1) is 6.92 Å². The van der Waals surface area contributed by atoms with Crippen molar-refractivity contribution in [2.75, 3.05) is 25.5 Å². The van der Waals surface area contributed by atoms with Gasteiger partial charge >= 0.3 is 6.09 Å². The highest BCUT2D eigenvalue weighted by Crippen LogP contribution is 2.24. The lowest BCUT2D eigenvalue weighted by atomic mass is 10.0. The second-order valence-electron chi connectivity index (χ2n) is 7.75. The van der Waals surface area contributed by atoms with Gasteiger partial charge in [0.2, 0.25) is 5.91 Å². The summed E-state index contributed by atoms with van der Waals surface area (Å²) in [6.45, 7) is 7.29. The molecule has 2 heterocycles. The average molecular weight is 402 g/mol. The second kappa shape index (κ2) is 8.32. The minimum absolute atomic E-state index is 0.294. The molecule has 0 saturated heterocycles. The Labute approximate surface area is 169 Å². The van der Waals surface area contributed by atoms with Crippen molar-refractivity contribution in [2.24, 2.45) is 0 Å². The Balaban J connectivity index is 1.62. The van der Waals surface area contributed by atoms with E-state index in [-0.39, 0.29) is 5.91 Å². The average Bonchev–Trinajstić information content (AvgIpc) is 2.93. The molecule has 1 aromatic heterocycles. The van der Waals surface area contributed by atoms with E-state index in [4.69, 9.17) is 4.74 Å². The standard InChI is InChI=1S/C21H27N3O3S/c1-14-5-8-18(28-14)27-20(26)23-21(2,3)19(25)22-17-7-6-15-9-11-24(4)12-10-16(15)13-17/h5-8,13H,9-12H2,1-4H3,(H,22,25)(H,23,26). The summed E-state index contributed by atoms with van der Waals surface area (Å²) in [6.07, 6.45) is 1.33. The van der Waals surface area contributed by atoms with E-state index in [2.05, 4.69) is 28.6 Å². The largest absolute Gasteiger partial charge is 0.414 e. The van der Waals surface area contributed by atoms with E-state index in [1.54, 1.807) is 19.9 Å². The van der Waals surface area contributed by atoms with Gasteiger partial charge in [-0.25, -0.2) is 4.79 Å². The number of hydrogen-bond acceptors (Lipinski definition) is 5. The maximum absolute atomic E-state index is 12.7. The number of hydrogen-bond donors (Lipinski definition) is 2. The van der Waals surface area contributed by atoms with E-state index in [1.165, 1.54) is 22.5 Å². The van der Waals surface area contributed by atoms with Gasteiger partial charge in [-0.1, -0.05) is 6.07 Å². The van der Waals surface area contributed by atoms with Gasteiger partial charge in [0, 0.05) is 23.7 Å². The summed E-state index contributed by atoms with van der Waals surface area (Å²) in [4.78, 5) is 28.2. The molecule has 1 aliphatic heterocycles. The predicted molar refractivity (Wildman–Crippen MR) is 112 cm³/mol. The molecule has 0 fully saturated rings. The number of anilines is 1. The fourth-order valence-corrected chi connectivity index (χ4v) is 3.80. The fourth-order valence-electron chi connectivity index (χ4n) is 3.10. The first-order chi connectivity index (χ1) is 13.2. The van der Waals surface area contributed by atoms with Crippen molar-refractivity contribution in [2.45, 2.75) is 39.2 Å². The molecule has 0 aliphatic carbocycles. The second-order valence-corrected chi connectivity index (χ2v) is 9.00. The maximum Gasteiger partial charge on any atom is 0.414 e. The first-order valence-electron chi connectivity index (χ1n) is 9.41. The number of carbonyl (C=O) groups excluding carboxylic acids is 2. The van der Waals surface area contributed by atoms with Crippen LogP contribution < -0.4 is 15.4 Å². The first kappa shape index (κ1) is 20.4. The zero-order valence-electron chi connectivity index (χ0n) is 16.8. The summed E-state index contributed by atoms with van der Waals surface area (Å²) < 4.78 is 5.25. The summed E-state index contributed by atoms with van der Waals surface area (Å²) >= 11 is 1.38. The van der Waals surface area contributed by atoms with Crippen LogP contribution in [0.4, 0.5) is 10.5 Å². The first-order valence-corrected chi connectivity index (χ1v) is 10.2. The Morgan fingerprint density at radius 3 is 2.50 bits per heavy atom. The molecular weight excluding hydrogens is 374 g/mol. The molecule has 6 nitrogen and oxygen atoms in total. The van der Waals surface area contributed by atoms with Crippen LogP contribution in [0.15, 0.2) is 30.3 Å². The van der Waals surface area contributed by atoms with E-state index in [9.17, 15) is 9.59 Å². The lowest BCUT2D eigenvalue weighted by Gasteiger charge is -2.24. The molecule has 150 valence electrons. The maximum atomic E-state index is 12.7. The van der Waals surface area contributed by atoms with Crippen molar-refractivity contribution in [3.05, 3.63) is 46.3 Å². The topological polar surface area (TPSA) is 70.7 Å². The zero-order chi connectivity index (χ0) is 20.3. The van der Waals surface area contributed by atoms with Crippen molar-refractivity contribution in [3.8, 4) is 5.06 Å². The molecule has 1 aliphatic rings. The summed E-state index contributed by atoms with van der Waals surface area (Å²) in [7, 11) is 2.12. The molecule has 0 radical (unpaired) electrons. The van der Waals surface area contributed by atoms with E-state index in [0.717, 1.165) is 36.5 Å². The predicted octanol–water partition coefficient (Wildman–Crippen LogP) is 3.59. The van der Waals surface area contributed by atoms with Gasteiger partial charge in [-0.05, 0) is 76.1 Å². The summed E-state index contributed by atoms with van der Waals surface area (Å²) in [5, 5.41) is 6.06.